The Balaban J connectivity index is 1.44. The third kappa shape index (κ3) is 10.9. The first kappa shape index (κ1) is 41.0. The van der Waals surface area contributed by atoms with Gasteiger partial charge in [0.15, 0.2) is 11.2 Å². The van der Waals surface area contributed by atoms with Gasteiger partial charge < -0.3 is 40.0 Å². The number of ether oxygens (including phenoxy) is 3. The van der Waals surface area contributed by atoms with E-state index in [9.17, 15) is 28.8 Å². The van der Waals surface area contributed by atoms with E-state index in [1.54, 1.807) is 30.5 Å². The minimum atomic E-state index is -4.35. The molecule has 1 saturated heterocycles. The molecule has 1 aliphatic heterocycles. The molecule has 2 unspecified atom stereocenters. The van der Waals surface area contributed by atoms with Gasteiger partial charge in [-0.1, -0.05) is 26.0 Å². The highest BCUT2D eigenvalue weighted by atomic mass is 31.2. The van der Waals surface area contributed by atoms with Gasteiger partial charge in [0, 0.05) is 13.0 Å². The molecular formula is C33H49FN7O10P. The van der Waals surface area contributed by atoms with E-state index in [0.717, 1.165) is 0 Å². The summed E-state index contributed by atoms with van der Waals surface area (Å²) >= 11 is 0. The van der Waals surface area contributed by atoms with Crippen LogP contribution in [0.3, 0.4) is 0 Å². The minimum absolute atomic E-state index is 0.00633. The average Bonchev–Trinajstić information content (AvgIpc) is 3.57. The van der Waals surface area contributed by atoms with E-state index < -0.39 is 56.4 Å². The zero-order valence-electron chi connectivity index (χ0n) is 30.2. The van der Waals surface area contributed by atoms with Gasteiger partial charge in [-0.2, -0.15) is 9.97 Å². The van der Waals surface area contributed by atoms with E-state index in [0.29, 0.717) is 16.7 Å². The number of carbonyl (C=O) groups excluding carboxylic acids is 2. The number of fused-ring (bicyclic) bond motifs is 1. The summed E-state index contributed by atoms with van der Waals surface area (Å²) in [6.45, 7) is 7.95. The highest BCUT2D eigenvalue weighted by molar-refractivity contribution is 7.51. The van der Waals surface area contributed by atoms with Gasteiger partial charge in [0.25, 0.3) is 0 Å². The number of nitrogen functional groups attached to an aromatic ring is 1. The van der Waals surface area contributed by atoms with Crippen molar-refractivity contribution in [3.63, 3.8) is 0 Å². The van der Waals surface area contributed by atoms with E-state index >= 15 is 0 Å². The first-order valence-electron chi connectivity index (χ1n) is 17.0. The van der Waals surface area contributed by atoms with Crippen molar-refractivity contribution in [2.45, 2.75) is 103 Å². The second-order valence-corrected chi connectivity index (χ2v) is 15.2. The maximum atomic E-state index is 14.2. The molecule has 4 rings (SSSR count). The summed E-state index contributed by atoms with van der Waals surface area (Å²) in [5.41, 5.74) is 5.38. The molecule has 17 nitrogen and oxygen atoms in total. The maximum Gasteiger partial charge on any atom is 0.406 e. The number of rotatable bonds is 19. The predicted octanol–water partition coefficient (Wildman–Crippen LogP) is 2.63. The molecule has 0 aliphatic carbocycles. The van der Waals surface area contributed by atoms with Crippen LogP contribution in [-0.4, -0.2) is 98.0 Å². The number of imidazole rings is 1. The Labute approximate surface area is 301 Å². The van der Waals surface area contributed by atoms with Gasteiger partial charge in [-0.15, -0.1) is 0 Å². The van der Waals surface area contributed by atoms with Crippen LogP contribution in [0, 0.1) is 11.7 Å². The first-order valence-corrected chi connectivity index (χ1v) is 18.5. The third-order valence-corrected chi connectivity index (χ3v) is 9.86. The lowest BCUT2D eigenvalue weighted by atomic mass is 9.93. The second kappa shape index (κ2) is 17.8. The number of methoxy groups -OCH3 is 1. The number of hydrogen-bond acceptors (Lipinski definition) is 14. The van der Waals surface area contributed by atoms with E-state index in [1.165, 1.54) is 32.5 Å². The summed E-state index contributed by atoms with van der Waals surface area (Å²) in [4.78, 5) is 38.0. The number of nitrogens with two attached hydrogens (primary N) is 1. The molecule has 52 heavy (non-hydrogen) atoms. The van der Waals surface area contributed by atoms with Crippen molar-refractivity contribution in [2.24, 2.45) is 5.92 Å². The number of nitrogens with zero attached hydrogens (tertiary/aromatic N) is 4. The van der Waals surface area contributed by atoms with Crippen LogP contribution in [0.15, 0.2) is 30.6 Å². The third-order valence-electron chi connectivity index (χ3n) is 8.23. The number of benzene rings is 1. The quantitative estimate of drug-likeness (QED) is 0.0673. The number of esters is 1. The van der Waals surface area contributed by atoms with Crippen molar-refractivity contribution >= 4 is 36.7 Å². The molecule has 288 valence electrons. The van der Waals surface area contributed by atoms with Gasteiger partial charge in [0.05, 0.1) is 39.3 Å². The minimum Gasteiger partial charge on any atom is -0.479 e. The number of hydrogen-bond donors (Lipinski definition) is 5. The van der Waals surface area contributed by atoms with Crippen molar-refractivity contribution < 1.29 is 52.0 Å². The number of anilines is 1. The van der Waals surface area contributed by atoms with Crippen molar-refractivity contribution in [3.05, 3.63) is 42.0 Å². The number of carbonyl (C=O) groups is 2. The molecule has 1 aromatic carbocycles. The normalized spacial score (nSPS) is 22.1. The molecule has 1 fully saturated rings. The van der Waals surface area contributed by atoms with Crippen LogP contribution in [0.1, 0.15) is 59.4 Å². The fourth-order valence-electron chi connectivity index (χ4n) is 5.51. The Hall–Kier alpha value is -3.77. The highest BCUT2D eigenvalue weighted by Gasteiger charge is 2.53. The van der Waals surface area contributed by atoms with E-state index in [-0.39, 0.29) is 68.4 Å². The number of halogens is 1. The topological polar surface area (TPSA) is 231 Å². The van der Waals surface area contributed by atoms with Crippen molar-refractivity contribution in [2.75, 3.05) is 26.1 Å². The standard InChI is InChI=1S/C33H49FN7O10P/c1-19(2)14-23(31(44)50-20(3)4)40-52(46,48-13-7-8-26(42)36-15-21-9-11-22(34)12-10-21)49-17-24-28(43)33(5,45)25(51-24)16-41-18-37-27-29(41)38-32(35)39-30(27)47-6/h9-12,18-20,23-25,28,43,45H,7-8,13-17H2,1-6H3,(H,36,42)(H,40,46)(H2,35,38,39)/t23-,24+,25?,28+,33-,52?/m0/s1. The summed E-state index contributed by atoms with van der Waals surface area (Å²) < 4.78 is 57.1. The number of nitrogens with one attached hydrogen (secondary N) is 2. The molecule has 19 heteroatoms. The fourth-order valence-corrected chi connectivity index (χ4v) is 7.04. The molecule has 1 aliphatic rings. The molecule has 1 amide bonds. The van der Waals surface area contributed by atoms with Gasteiger partial charge >= 0.3 is 13.7 Å². The molecule has 3 aromatic rings. The molecule has 6 atom stereocenters. The van der Waals surface area contributed by atoms with Crippen molar-refractivity contribution in [1.29, 1.82) is 0 Å². The Bertz CT molecular complexity index is 1710. The van der Waals surface area contributed by atoms with Gasteiger partial charge in [-0.25, -0.2) is 19.0 Å². The molecule has 6 N–H and O–H groups in total. The zero-order chi connectivity index (χ0) is 38.2. The summed E-state index contributed by atoms with van der Waals surface area (Å²) in [7, 11) is -2.94. The van der Waals surface area contributed by atoms with Crippen LogP contribution in [0.25, 0.3) is 11.2 Å². The van der Waals surface area contributed by atoms with Gasteiger partial charge in [0.2, 0.25) is 17.7 Å². The SMILES string of the molecule is COc1nc(N)nc2c1ncn2CC1O[C@H](COP(=O)(N[C@@H](CC(C)C)C(=O)OC(C)C)OCCCC(=O)NCc2ccc(F)cc2)[C@@H](O)[C@@]1(C)O. The van der Waals surface area contributed by atoms with Crippen LogP contribution in [0.4, 0.5) is 10.3 Å². The lowest BCUT2D eigenvalue weighted by molar-refractivity contribution is -0.150. The smallest absolute Gasteiger partial charge is 0.406 e. The summed E-state index contributed by atoms with van der Waals surface area (Å²) in [5.74, 6) is -1.28. The molecule has 0 bridgehead atoms. The summed E-state index contributed by atoms with van der Waals surface area (Å²) in [6, 6.07) is 4.63. The maximum absolute atomic E-state index is 14.2. The molecular weight excluding hydrogens is 704 g/mol. The van der Waals surface area contributed by atoms with Crippen LogP contribution >= 0.6 is 7.75 Å². The number of amides is 1. The average molecular weight is 754 g/mol. The Kier molecular flexibility index (Phi) is 14.1. The van der Waals surface area contributed by atoms with Gasteiger partial charge in [0.1, 0.15) is 35.8 Å². The van der Waals surface area contributed by atoms with Crippen molar-refractivity contribution in [3.8, 4) is 5.88 Å². The van der Waals surface area contributed by atoms with E-state index in [4.69, 9.17) is 29.0 Å². The number of aromatic nitrogens is 4. The summed E-state index contributed by atoms with van der Waals surface area (Å²) in [6.07, 6.45) is -2.35. The lowest BCUT2D eigenvalue weighted by Gasteiger charge is -2.28. The fraction of sp³-hybridized carbons (Fsp3) is 0.606. The number of aliphatic hydroxyl groups is 2. The number of aliphatic hydroxyl groups excluding tert-OH is 1. The molecule has 0 saturated carbocycles. The highest BCUT2D eigenvalue weighted by Crippen LogP contribution is 2.46. The molecule has 0 radical (unpaired) electrons. The Morgan fingerprint density at radius 2 is 1.88 bits per heavy atom. The molecule has 3 heterocycles. The van der Waals surface area contributed by atoms with E-state index in [1.807, 2.05) is 13.8 Å². The van der Waals surface area contributed by atoms with Crippen molar-refractivity contribution in [1.82, 2.24) is 29.9 Å². The van der Waals surface area contributed by atoms with E-state index in [2.05, 4.69) is 25.4 Å². The van der Waals surface area contributed by atoms with Gasteiger partial charge in [-0.05, 0) is 57.2 Å². The Morgan fingerprint density at radius 1 is 1.17 bits per heavy atom. The monoisotopic (exact) mass is 753 g/mol. The Morgan fingerprint density at radius 3 is 2.54 bits per heavy atom. The first-order chi connectivity index (χ1) is 24.5. The van der Waals surface area contributed by atoms with Crippen LogP contribution in [0.5, 0.6) is 5.88 Å². The van der Waals surface area contributed by atoms with Crippen LogP contribution in [0.2, 0.25) is 0 Å². The molecule has 0 spiro atoms. The summed E-state index contributed by atoms with van der Waals surface area (Å²) in [5, 5.41) is 27.9. The van der Waals surface area contributed by atoms with Crippen LogP contribution in [-0.2, 0) is 45.8 Å². The molecule has 2 aromatic heterocycles. The zero-order valence-corrected chi connectivity index (χ0v) is 31.0. The van der Waals surface area contributed by atoms with Crippen LogP contribution < -0.4 is 20.9 Å². The predicted molar refractivity (Wildman–Crippen MR) is 186 cm³/mol. The second-order valence-electron chi connectivity index (χ2n) is 13.4. The lowest BCUT2D eigenvalue weighted by Crippen LogP contribution is -2.47. The largest absolute Gasteiger partial charge is 0.479 e. The van der Waals surface area contributed by atoms with Gasteiger partial charge in [-0.3, -0.25) is 18.6 Å².